The van der Waals surface area contributed by atoms with Crippen molar-refractivity contribution in [1.82, 2.24) is 0 Å². The van der Waals surface area contributed by atoms with Crippen LogP contribution in [0.5, 0.6) is 0 Å². The Hall–Kier alpha value is -1.16. The summed E-state index contributed by atoms with van der Waals surface area (Å²) in [5.74, 6) is 0. The standard InChI is InChI=1S/4C6H4Cl.Sn/c4*7-6-4-2-1-3-5-6;/h4*1-4H;. The molecule has 0 aliphatic carbocycles. The average Bonchev–Trinajstić information content (AvgIpc) is 2.73. The Morgan fingerprint density at radius 1 is 0.345 bits per heavy atom. The van der Waals surface area contributed by atoms with Crippen LogP contribution in [0.3, 0.4) is 0 Å². The van der Waals surface area contributed by atoms with Crippen molar-refractivity contribution in [3.05, 3.63) is 117 Å². The summed E-state index contributed by atoms with van der Waals surface area (Å²) in [6.45, 7) is 0. The Balaban J connectivity index is 2.28. The zero-order valence-electron chi connectivity index (χ0n) is 15.2. The third-order valence-electron chi connectivity index (χ3n) is 5.11. The van der Waals surface area contributed by atoms with Crippen LogP contribution in [0.4, 0.5) is 0 Å². The first-order valence-corrected chi connectivity index (χ1v) is 16.3. The Kier molecular flexibility index (Phi) is 6.48. The first-order chi connectivity index (χ1) is 14.1. The number of hydrogen-bond donors (Lipinski definition) is 0. The van der Waals surface area contributed by atoms with Crippen LogP contribution in [0, 0.1) is 0 Å². The molecule has 4 aromatic rings. The SMILES string of the molecule is Clc1cccc[c]1[Sn]([c]1ccccc1Cl)([c]1ccccc1Cl)[c]1ccccc1Cl. The van der Waals surface area contributed by atoms with Gasteiger partial charge in [-0.1, -0.05) is 0 Å². The molecule has 4 aromatic carbocycles. The Bertz CT molecular complexity index is 985. The summed E-state index contributed by atoms with van der Waals surface area (Å²) >= 11 is 23.3. The molecular formula is C24H16Cl4Sn. The molecule has 144 valence electrons. The van der Waals surface area contributed by atoms with Crippen molar-refractivity contribution in [2.75, 3.05) is 0 Å². The molecule has 0 bridgehead atoms. The second kappa shape index (κ2) is 8.91. The van der Waals surface area contributed by atoms with Gasteiger partial charge in [0.15, 0.2) is 0 Å². The Morgan fingerprint density at radius 2 is 0.552 bits per heavy atom. The van der Waals surface area contributed by atoms with E-state index >= 15 is 0 Å². The maximum atomic E-state index is 6.84. The van der Waals surface area contributed by atoms with Gasteiger partial charge in [-0.15, -0.1) is 0 Å². The van der Waals surface area contributed by atoms with E-state index in [9.17, 15) is 0 Å². The molecule has 0 unspecified atom stereocenters. The molecule has 0 saturated carbocycles. The van der Waals surface area contributed by atoms with E-state index in [2.05, 4.69) is 24.3 Å². The molecule has 29 heavy (non-hydrogen) atoms. The van der Waals surface area contributed by atoms with E-state index in [1.54, 1.807) is 0 Å². The third kappa shape index (κ3) is 3.71. The van der Waals surface area contributed by atoms with Gasteiger partial charge in [-0.05, 0) is 0 Å². The molecule has 0 heterocycles. The first kappa shape index (κ1) is 21.1. The molecule has 0 amide bonds. The predicted molar refractivity (Wildman–Crippen MR) is 130 cm³/mol. The summed E-state index contributed by atoms with van der Waals surface area (Å²) in [4.78, 5) is 0. The van der Waals surface area contributed by atoms with Crippen LogP contribution in [0.2, 0.25) is 20.1 Å². The van der Waals surface area contributed by atoms with Crippen molar-refractivity contribution in [3.63, 3.8) is 0 Å². The molecule has 0 fully saturated rings. The van der Waals surface area contributed by atoms with E-state index in [4.69, 9.17) is 46.4 Å². The number of rotatable bonds is 4. The minimum absolute atomic E-state index is 0.697. The zero-order valence-corrected chi connectivity index (χ0v) is 21.1. The Morgan fingerprint density at radius 3 is 0.759 bits per heavy atom. The predicted octanol–water partition coefficient (Wildman–Crippen LogP) is 5.68. The van der Waals surface area contributed by atoms with Crippen molar-refractivity contribution in [3.8, 4) is 0 Å². The molecule has 5 heteroatoms. The molecule has 0 aliphatic heterocycles. The van der Waals surface area contributed by atoms with E-state index in [1.165, 1.54) is 0 Å². The fraction of sp³-hybridized carbons (Fsp3) is 0. The van der Waals surface area contributed by atoms with Gasteiger partial charge in [-0.3, -0.25) is 0 Å². The summed E-state index contributed by atoms with van der Waals surface area (Å²) in [5.41, 5.74) is 0. The van der Waals surface area contributed by atoms with Gasteiger partial charge in [-0.2, -0.15) is 0 Å². The van der Waals surface area contributed by atoms with Gasteiger partial charge in [0, 0.05) is 0 Å². The summed E-state index contributed by atoms with van der Waals surface area (Å²) in [6.07, 6.45) is 0. The number of hydrogen-bond acceptors (Lipinski definition) is 0. The molecule has 0 radical (unpaired) electrons. The summed E-state index contributed by atoms with van der Waals surface area (Å²) in [6, 6.07) is 31.9. The van der Waals surface area contributed by atoms with Crippen LogP contribution in [-0.4, -0.2) is 18.4 Å². The molecule has 0 aromatic heterocycles. The fourth-order valence-corrected chi connectivity index (χ4v) is 22.2. The van der Waals surface area contributed by atoms with Crippen LogP contribution >= 0.6 is 46.4 Å². The minimum atomic E-state index is -4.09. The van der Waals surface area contributed by atoms with Crippen molar-refractivity contribution in [2.45, 2.75) is 0 Å². The van der Waals surface area contributed by atoms with E-state index in [0.29, 0.717) is 20.1 Å². The van der Waals surface area contributed by atoms with Crippen molar-refractivity contribution in [2.24, 2.45) is 0 Å². The van der Waals surface area contributed by atoms with Gasteiger partial charge in [0.1, 0.15) is 0 Å². The Labute approximate surface area is 194 Å². The molecule has 0 aliphatic rings. The topological polar surface area (TPSA) is 0 Å². The van der Waals surface area contributed by atoms with Crippen molar-refractivity contribution >= 4 is 79.1 Å². The third-order valence-corrected chi connectivity index (χ3v) is 22.4. The second-order valence-electron chi connectivity index (χ2n) is 6.67. The van der Waals surface area contributed by atoms with E-state index in [-0.39, 0.29) is 0 Å². The zero-order chi connectivity index (χ0) is 20.4. The maximum absolute atomic E-state index is 6.84. The van der Waals surface area contributed by atoms with Gasteiger partial charge >= 0.3 is 196 Å². The van der Waals surface area contributed by atoms with E-state index in [1.807, 2.05) is 72.8 Å². The van der Waals surface area contributed by atoms with Crippen molar-refractivity contribution in [1.29, 1.82) is 0 Å². The molecule has 0 nitrogen and oxygen atoms in total. The molecule has 0 spiro atoms. The van der Waals surface area contributed by atoms with Crippen LogP contribution in [0.25, 0.3) is 0 Å². The van der Waals surface area contributed by atoms with Crippen LogP contribution in [0.15, 0.2) is 97.1 Å². The van der Waals surface area contributed by atoms with Gasteiger partial charge in [-0.25, -0.2) is 0 Å². The van der Waals surface area contributed by atoms with Gasteiger partial charge in [0.05, 0.1) is 0 Å². The number of halogens is 4. The van der Waals surface area contributed by atoms with Gasteiger partial charge in [0.2, 0.25) is 0 Å². The normalized spacial score (nSPS) is 11.4. The molecular weight excluding hydrogens is 549 g/mol. The fourth-order valence-electron chi connectivity index (χ4n) is 3.93. The average molecular weight is 565 g/mol. The summed E-state index contributed by atoms with van der Waals surface area (Å²) in [7, 11) is 0. The molecule has 0 N–H and O–H groups in total. The van der Waals surface area contributed by atoms with Crippen molar-refractivity contribution < 1.29 is 0 Å². The van der Waals surface area contributed by atoms with Crippen LogP contribution < -0.4 is 14.3 Å². The molecule has 0 atom stereocenters. The molecule has 4 rings (SSSR count). The monoisotopic (exact) mass is 564 g/mol. The summed E-state index contributed by atoms with van der Waals surface area (Å²) in [5, 5.41) is 2.79. The second-order valence-corrected chi connectivity index (χ2v) is 18.7. The molecule has 0 saturated heterocycles. The van der Waals surface area contributed by atoms with Crippen LogP contribution in [-0.2, 0) is 0 Å². The quantitative estimate of drug-likeness (QED) is 0.280. The van der Waals surface area contributed by atoms with E-state index in [0.717, 1.165) is 14.3 Å². The first-order valence-electron chi connectivity index (χ1n) is 9.07. The van der Waals surface area contributed by atoms with Crippen LogP contribution in [0.1, 0.15) is 0 Å². The van der Waals surface area contributed by atoms with Gasteiger partial charge < -0.3 is 0 Å². The summed E-state index contributed by atoms with van der Waals surface area (Å²) < 4.78 is 4.27. The van der Waals surface area contributed by atoms with E-state index < -0.39 is 18.4 Å². The number of benzene rings is 4. The van der Waals surface area contributed by atoms with Gasteiger partial charge in [0.25, 0.3) is 0 Å².